The molecule has 1 fully saturated rings. The molecular weight excluding hydrogens is 314 g/mol. The molecule has 3 rings (SSSR count). The highest BCUT2D eigenvalue weighted by Crippen LogP contribution is 2.28. The highest BCUT2D eigenvalue weighted by Gasteiger charge is 2.29. The van der Waals surface area contributed by atoms with Crippen molar-refractivity contribution in [2.24, 2.45) is 5.73 Å². The highest BCUT2D eigenvalue weighted by atomic mass is 19.1. The molecule has 1 aliphatic rings. The van der Waals surface area contributed by atoms with Crippen LogP contribution in [0.25, 0.3) is 0 Å². The number of benzene rings is 1. The van der Waals surface area contributed by atoms with E-state index in [1.54, 1.807) is 11.0 Å². The van der Waals surface area contributed by atoms with Crippen molar-refractivity contribution in [2.75, 3.05) is 0 Å². The van der Waals surface area contributed by atoms with E-state index in [0.717, 1.165) is 25.7 Å². The van der Waals surface area contributed by atoms with Gasteiger partial charge in [-0.15, -0.1) is 0 Å². The largest absolute Gasteiger partial charge is 0.467 e. The lowest BCUT2D eigenvalue weighted by atomic mass is 10.1. The summed E-state index contributed by atoms with van der Waals surface area (Å²) in [6.07, 6.45) is 5.04. The lowest BCUT2D eigenvalue weighted by Crippen LogP contribution is -2.38. The first-order valence-corrected chi connectivity index (χ1v) is 8.11. The Bertz CT molecular complexity index is 703. The summed E-state index contributed by atoms with van der Waals surface area (Å²) >= 11 is 0. The van der Waals surface area contributed by atoms with Gasteiger partial charge in [0.15, 0.2) is 0 Å². The number of carbonyl (C=O) groups is 1. The molecule has 2 N–H and O–H groups in total. The van der Waals surface area contributed by atoms with Gasteiger partial charge in [-0.1, -0.05) is 18.9 Å². The van der Waals surface area contributed by atoms with E-state index in [2.05, 4.69) is 0 Å². The van der Waals surface area contributed by atoms with Gasteiger partial charge in [0.1, 0.15) is 23.7 Å². The molecule has 0 spiro atoms. The minimum absolute atomic E-state index is 0.0206. The molecule has 0 radical (unpaired) electrons. The van der Waals surface area contributed by atoms with E-state index in [9.17, 15) is 13.6 Å². The van der Waals surface area contributed by atoms with Gasteiger partial charge in [-0.25, -0.2) is 8.78 Å². The Labute approximate surface area is 139 Å². The topological polar surface area (TPSA) is 59.5 Å². The number of rotatable bonds is 5. The molecule has 0 atom stereocenters. The number of furan rings is 1. The summed E-state index contributed by atoms with van der Waals surface area (Å²) in [4.78, 5) is 14.4. The molecule has 24 heavy (non-hydrogen) atoms. The molecule has 0 aliphatic heterocycles. The van der Waals surface area contributed by atoms with Crippen molar-refractivity contribution in [3.63, 3.8) is 0 Å². The second kappa shape index (κ2) is 7.13. The van der Waals surface area contributed by atoms with Crippen LogP contribution in [0, 0.1) is 11.6 Å². The zero-order chi connectivity index (χ0) is 17.1. The maximum Gasteiger partial charge on any atom is 0.257 e. The van der Waals surface area contributed by atoms with Gasteiger partial charge in [0, 0.05) is 11.6 Å². The van der Waals surface area contributed by atoms with Crippen molar-refractivity contribution in [3.8, 4) is 0 Å². The molecule has 6 heteroatoms. The van der Waals surface area contributed by atoms with E-state index in [-0.39, 0.29) is 30.6 Å². The predicted molar refractivity (Wildman–Crippen MR) is 85.1 cm³/mol. The smallest absolute Gasteiger partial charge is 0.257 e. The maximum atomic E-state index is 14.0. The molecule has 2 aromatic rings. The van der Waals surface area contributed by atoms with Gasteiger partial charge in [-0.05, 0) is 31.0 Å². The molecular formula is C18H20F2N2O2. The monoisotopic (exact) mass is 334 g/mol. The normalized spacial score (nSPS) is 15.0. The van der Waals surface area contributed by atoms with Crippen LogP contribution in [0.2, 0.25) is 0 Å². The van der Waals surface area contributed by atoms with Crippen LogP contribution in [-0.2, 0) is 13.1 Å². The lowest BCUT2D eigenvalue weighted by molar-refractivity contribution is 0.0659. The van der Waals surface area contributed by atoms with Crippen LogP contribution in [0.5, 0.6) is 0 Å². The van der Waals surface area contributed by atoms with Gasteiger partial charge in [-0.2, -0.15) is 0 Å². The molecule has 1 aromatic heterocycles. The van der Waals surface area contributed by atoms with E-state index in [1.807, 2.05) is 0 Å². The van der Waals surface area contributed by atoms with Crippen molar-refractivity contribution in [1.29, 1.82) is 0 Å². The Balaban J connectivity index is 1.90. The SMILES string of the molecule is NCc1cc(C(=O)N(Cc2c(F)cccc2F)C2CCCC2)co1. The summed E-state index contributed by atoms with van der Waals surface area (Å²) in [6.45, 7) is 0.101. The fraction of sp³-hybridized carbons (Fsp3) is 0.389. The summed E-state index contributed by atoms with van der Waals surface area (Å²) in [5.74, 6) is -1.06. The van der Waals surface area contributed by atoms with Crippen LogP contribution in [-0.4, -0.2) is 16.8 Å². The molecule has 1 heterocycles. The molecule has 0 unspecified atom stereocenters. The molecule has 1 aliphatic carbocycles. The third-order valence-electron chi connectivity index (χ3n) is 4.52. The minimum atomic E-state index is -0.638. The second-order valence-corrected chi connectivity index (χ2v) is 6.08. The number of carbonyl (C=O) groups excluding carboxylic acids is 1. The van der Waals surface area contributed by atoms with Crippen LogP contribution in [0.3, 0.4) is 0 Å². The fourth-order valence-electron chi connectivity index (χ4n) is 3.20. The van der Waals surface area contributed by atoms with Gasteiger partial charge in [0.25, 0.3) is 5.91 Å². The summed E-state index contributed by atoms with van der Waals surface area (Å²) in [7, 11) is 0. The van der Waals surface area contributed by atoms with Crippen molar-refractivity contribution in [1.82, 2.24) is 4.90 Å². The standard InChI is InChI=1S/C18H20F2N2O2/c19-16-6-3-7-17(20)15(16)10-22(13-4-1-2-5-13)18(23)12-8-14(9-21)24-11-12/h3,6-8,11,13H,1-2,4-5,9-10,21H2. The van der Waals surface area contributed by atoms with Gasteiger partial charge in [-0.3, -0.25) is 4.79 Å². The van der Waals surface area contributed by atoms with Crippen LogP contribution in [0.1, 0.15) is 47.4 Å². The van der Waals surface area contributed by atoms with Crippen LogP contribution >= 0.6 is 0 Å². The molecule has 128 valence electrons. The summed E-state index contributed by atoms with van der Waals surface area (Å²) in [6, 6.07) is 5.30. The number of hydrogen-bond acceptors (Lipinski definition) is 3. The average Bonchev–Trinajstić information content (AvgIpc) is 3.25. The van der Waals surface area contributed by atoms with Crippen molar-refractivity contribution < 1.29 is 18.0 Å². The number of nitrogens with zero attached hydrogens (tertiary/aromatic N) is 1. The Morgan fingerprint density at radius 2 is 1.92 bits per heavy atom. The first-order valence-electron chi connectivity index (χ1n) is 8.11. The average molecular weight is 334 g/mol. The van der Waals surface area contributed by atoms with Crippen LogP contribution < -0.4 is 5.73 Å². The predicted octanol–water partition coefficient (Wildman–Crippen LogP) is 3.60. The van der Waals surface area contributed by atoms with Gasteiger partial charge in [0.05, 0.1) is 18.7 Å². The van der Waals surface area contributed by atoms with Gasteiger partial charge in [0.2, 0.25) is 0 Å². The molecule has 1 aromatic carbocycles. The second-order valence-electron chi connectivity index (χ2n) is 6.08. The third-order valence-corrected chi connectivity index (χ3v) is 4.52. The Kier molecular flexibility index (Phi) is 4.94. The summed E-state index contributed by atoms with van der Waals surface area (Å²) in [5.41, 5.74) is 5.78. The van der Waals surface area contributed by atoms with E-state index in [1.165, 1.54) is 24.5 Å². The van der Waals surface area contributed by atoms with Gasteiger partial charge >= 0.3 is 0 Å². The van der Waals surface area contributed by atoms with E-state index in [4.69, 9.17) is 10.2 Å². The quantitative estimate of drug-likeness (QED) is 0.909. The molecule has 0 saturated heterocycles. The highest BCUT2D eigenvalue weighted by molar-refractivity contribution is 5.94. The number of amides is 1. The Hall–Kier alpha value is -2.21. The van der Waals surface area contributed by atoms with Crippen molar-refractivity contribution in [2.45, 2.75) is 44.8 Å². The van der Waals surface area contributed by atoms with Gasteiger partial charge < -0.3 is 15.1 Å². The van der Waals surface area contributed by atoms with Crippen molar-refractivity contribution in [3.05, 3.63) is 59.1 Å². The number of hydrogen-bond donors (Lipinski definition) is 1. The molecule has 1 saturated carbocycles. The fourth-order valence-corrected chi connectivity index (χ4v) is 3.20. The van der Waals surface area contributed by atoms with E-state index >= 15 is 0 Å². The molecule has 0 bridgehead atoms. The Morgan fingerprint density at radius 1 is 1.25 bits per heavy atom. The van der Waals surface area contributed by atoms with E-state index in [0.29, 0.717) is 11.3 Å². The first-order chi connectivity index (χ1) is 11.6. The Morgan fingerprint density at radius 3 is 2.50 bits per heavy atom. The van der Waals surface area contributed by atoms with E-state index < -0.39 is 11.6 Å². The van der Waals surface area contributed by atoms with Crippen molar-refractivity contribution >= 4 is 5.91 Å². The summed E-state index contributed by atoms with van der Waals surface area (Å²) < 4.78 is 33.2. The third kappa shape index (κ3) is 3.33. The first kappa shape index (κ1) is 16.6. The molecule has 4 nitrogen and oxygen atoms in total. The van der Waals surface area contributed by atoms with Crippen LogP contribution in [0.4, 0.5) is 8.78 Å². The molecule has 1 amide bonds. The summed E-state index contributed by atoms with van der Waals surface area (Å²) in [5, 5.41) is 0. The zero-order valence-electron chi connectivity index (χ0n) is 13.3. The lowest BCUT2D eigenvalue weighted by Gasteiger charge is -2.29. The van der Waals surface area contributed by atoms with Crippen LogP contribution in [0.15, 0.2) is 34.9 Å². The maximum absolute atomic E-state index is 14.0. The zero-order valence-corrected chi connectivity index (χ0v) is 13.3. The number of nitrogens with two attached hydrogens (primary N) is 1. The minimum Gasteiger partial charge on any atom is -0.467 e. The number of halogens is 2.